The molecule has 12 heteroatoms. The Kier molecular flexibility index (Phi) is 20.2. The summed E-state index contributed by atoms with van der Waals surface area (Å²) >= 11 is 0. The highest BCUT2D eigenvalue weighted by molar-refractivity contribution is 7.52. The summed E-state index contributed by atoms with van der Waals surface area (Å²) in [6, 6.07) is 0. The molecule has 4 atom stereocenters. The lowest BCUT2D eigenvalue weighted by molar-refractivity contribution is -0.121. The van der Waals surface area contributed by atoms with Crippen molar-refractivity contribution < 1.29 is 42.0 Å². The van der Waals surface area contributed by atoms with E-state index >= 15 is 0 Å². The lowest BCUT2D eigenvalue weighted by atomic mass is 10.0. The van der Waals surface area contributed by atoms with E-state index in [0.717, 1.165) is 12.8 Å². The van der Waals surface area contributed by atoms with Gasteiger partial charge in [-0.05, 0) is 40.0 Å². The maximum Gasteiger partial charge on any atom is 0.472 e. The van der Waals surface area contributed by atoms with Crippen molar-refractivity contribution >= 4 is 21.3 Å². The monoisotopic (exact) mass is 627 g/mol. The van der Waals surface area contributed by atoms with Gasteiger partial charge in [0.1, 0.15) is 0 Å². The zero-order chi connectivity index (χ0) is 30.6. The average Bonchev–Trinajstić information content (AvgIpc) is 3.30. The van der Waals surface area contributed by atoms with E-state index in [9.17, 15) is 23.7 Å². The minimum absolute atomic E-state index is 0.0162. The molecule has 0 aliphatic carbocycles. The zero-order valence-electron chi connectivity index (χ0n) is 26.2. The van der Waals surface area contributed by atoms with Gasteiger partial charge in [-0.3, -0.25) is 18.4 Å². The van der Waals surface area contributed by atoms with Crippen molar-refractivity contribution in [2.75, 3.05) is 32.5 Å². The lowest BCUT2D eigenvalue weighted by Gasteiger charge is -2.26. The maximum atomic E-state index is 12.4. The fourth-order valence-electron chi connectivity index (χ4n) is 4.92. The Bertz CT molecular complexity index is 791. The fourth-order valence-corrected chi connectivity index (χ4v) is 7.63. The average molecular weight is 628 g/mol. The van der Waals surface area contributed by atoms with Gasteiger partial charge in [0.2, 0.25) is 5.91 Å². The molecule has 0 saturated carbocycles. The van der Waals surface area contributed by atoms with Crippen molar-refractivity contribution in [3.8, 4) is 0 Å². The summed E-state index contributed by atoms with van der Waals surface area (Å²) in [6.07, 6.45) is 17.1. The Morgan fingerprint density at radius 2 is 1.44 bits per heavy atom. The normalized spacial score (nSPS) is 20.5. The first-order valence-electron chi connectivity index (χ1n) is 15.9. The number of hydrogen-bond donors (Lipinski definition) is 3. The van der Waals surface area contributed by atoms with Crippen LogP contribution in [0, 0.1) is 5.92 Å². The smallest absolute Gasteiger partial charge is 0.375 e. The molecule has 1 rings (SSSR count). The lowest BCUT2D eigenvalue weighted by Crippen LogP contribution is -2.27. The molecule has 1 aliphatic heterocycles. The largest absolute Gasteiger partial charge is 0.472 e. The topological polar surface area (TPSA) is 141 Å². The Morgan fingerprint density at radius 1 is 0.878 bits per heavy atom. The van der Waals surface area contributed by atoms with E-state index in [-0.39, 0.29) is 31.2 Å². The fraction of sp³-hybridized carbons (Fsp3) is 0.966. The van der Waals surface area contributed by atoms with E-state index in [1.807, 2.05) is 0 Å². The van der Waals surface area contributed by atoms with Gasteiger partial charge < -0.3 is 24.4 Å². The zero-order valence-corrected chi connectivity index (χ0v) is 27.9. The summed E-state index contributed by atoms with van der Waals surface area (Å²) in [5.74, 6) is -0.351. The highest BCUT2D eigenvalue weighted by Crippen LogP contribution is 2.50. The van der Waals surface area contributed by atoms with Gasteiger partial charge in [-0.15, -0.1) is 0 Å². The minimum Gasteiger partial charge on any atom is -0.375 e. The molecule has 41 heavy (non-hydrogen) atoms. The number of amides is 1. The van der Waals surface area contributed by atoms with Crippen molar-refractivity contribution in [2.45, 2.75) is 142 Å². The molecule has 1 heterocycles. The van der Waals surface area contributed by atoms with Crippen LogP contribution in [0.1, 0.15) is 130 Å². The molecule has 1 amide bonds. The number of unbranched alkanes of at least 4 members (excludes halogenated alkanes) is 12. The SMILES string of the molecule is CCCCCCCCCCCCCCCC(=O)NCCCOP(=O)(O)OCC1OCCC1CP(=O)(O)OC(C)(C)C. The highest BCUT2D eigenvalue weighted by atomic mass is 31.2. The Labute approximate surface area is 249 Å². The molecular weight excluding hydrogens is 568 g/mol. The maximum absolute atomic E-state index is 12.4. The third kappa shape index (κ3) is 21.9. The van der Waals surface area contributed by atoms with E-state index in [0.29, 0.717) is 32.4 Å². The summed E-state index contributed by atoms with van der Waals surface area (Å²) in [5, 5.41) is 2.82. The summed E-state index contributed by atoms with van der Waals surface area (Å²) in [6.45, 7) is 7.79. The Balaban J connectivity index is 2.05. The summed E-state index contributed by atoms with van der Waals surface area (Å²) in [4.78, 5) is 32.2. The van der Waals surface area contributed by atoms with Gasteiger partial charge in [-0.1, -0.05) is 84.0 Å². The van der Waals surface area contributed by atoms with E-state index < -0.39 is 27.1 Å². The molecule has 0 aromatic heterocycles. The molecular formula is C29H59NO9P2. The minimum atomic E-state index is -4.32. The van der Waals surface area contributed by atoms with Crippen molar-refractivity contribution in [1.82, 2.24) is 5.32 Å². The summed E-state index contributed by atoms with van der Waals surface area (Å²) < 4.78 is 45.6. The van der Waals surface area contributed by atoms with E-state index in [4.69, 9.17) is 18.3 Å². The first-order valence-corrected chi connectivity index (χ1v) is 19.1. The highest BCUT2D eigenvalue weighted by Gasteiger charge is 2.38. The summed E-state index contributed by atoms with van der Waals surface area (Å²) in [5.41, 5.74) is -0.768. The molecule has 0 aromatic rings. The standard InChI is InChI=1S/C29H59NO9P2/c1-5-6-7-8-9-10-11-12-13-14-15-16-17-19-28(31)30-21-18-22-37-41(34,35)38-24-27-26(20-23-36-27)25-40(32,33)39-29(2,3)4/h26-27H,5-25H2,1-4H3,(H,30,31)(H,32,33)(H,34,35). The van der Waals surface area contributed by atoms with Crippen molar-refractivity contribution in [3.63, 3.8) is 0 Å². The van der Waals surface area contributed by atoms with Gasteiger partial charge in [-0.25, -0.2) is 4.57 Å². The van der Waals surface area contributed by atoms with Gasteiger partial charge in [0.05, 0.1) is 31.1 Å². The van der Waals surface area contributed by atoms with Crippen molar-refractivity contribution in [1.29, 1.82) is 0 Å². The van der Waals surface area contributed by atoms with Crippen LogP contribution in [0.25, 0.3) is 0 Å². The van der Waals surface area contributed by atoms with Gasteiger partial charge >= 0.3 is 15.4 Å². The van der Waals surface area contributed by atoms with Crippen molar-refractivity contribution in [3.05, 3.63) is 0 Å². The number of carbonyl (C=O) groups excluding carboxylic acids is 1. The Hall–Kier alpha value is -0.310. The second-order valence-corrected chi connectivity index (χ2v) is 15.6. The molecule has 1 aliphatic rings. The molecule has 0 radical (unpaired) electrons. The first-order chi connectivity index (χ1) is 19.3. The molecule has 244 valence electrons. The van der Waals surface area contributed by atoms with Crippen LogP contribution in [-0.4, -0.2) is 59.9 Å². The van der Waals surface area contributed by atoms with E-state index in [2.05, 4.69) is 12.2 Å². The van der Waals surface area contributed by atoms with Crippen LogP contribution in [0.2, 0.25) is 0 Å². The van der Waals surface area contributed by atoms with E-state index in [1.54, 1.807) is 20.8 Å². The number of nitrogens with one attached hydrogen (secondary N) is 1. The number of phosphoric ester groups is 1. The van der Waals surface area contributed by atoms with Crippen LogP contribution < -0.4 is 5.32 Å². The van der Waals surface area contributed by atoms with Gasteiger partial charge in [0.15, 0.2) is 0 Å². The van der Waals surface area contributed by atoms with Crippen LogP contribution in [0.5, 0.6) is 0 Å². The van der Waals surface area contributed by atoms with Crippen LogP contribution in [0.3, 0.4) is 0 Å². The predicted molar refractivity (Wildman–Crippen MR) is 163 cm³/mol. The number of ether oxygens (including phenoxy) is 1. The number of rotatable bonds is 25. The number of phosphoric acid groups is 1. The molecule has 0 aromatic carbocycles. The van der Waals surface area contributed by atoms with E-state index in [1.165, 1.54) is 70.6 Å². The van der Waals surface area contributed by atoms with Crippen LogP contribution >= 0.6 is 15.4 Å². The Morgan fingerprint density at radius 3 is 2.00 bits per heavy atom. The molecule has 4 unspecified atom stereocenters. The van der Waals surface area contributed by atoms with Crippen LogP contribution in [-0.2, 0) is 32.2 Å². The molecule has 0 bridgehead atoms. The molecule has 1 saturated heterocycles. The van der Waals surface area contributed by atoms with Gasteiger partial charge in [0, 0.05) is 25.5 Å². The summed E-state index contributed by atoms with van der Waals surface area (Å²) in [7, 11) is -8.17. The third-order valence-corrected chi connectivity index (χ3v) is 9.78. The van der Waals surface area contributed by atoms with Gasteiger partial charge in [-0.2, -0.15) is 0 Å². The number of carbonyl (C=O) groups is 1. The first kappa shape index (κ1) is 38.7. The molecule has 10 nitrogen and oxygen atoms in total. The molecule has 3 N–H and O–H groups in total. The quantitative estimate of drug-likeness (QED) is 0.0692. The predicted octanol–water partition coefficient (Wildman–Crippen LogP) is 7.51. The molecule has 1 fully saturated rings. The van der Waals surface area contributed by atoms with Crippen LogP contribution in [0.15, 0.2) is 0 Å². The number of hydrogen-bond acceptors (Lipinski definition) is 7. The third-order valence-electron chi connectivity index (χ3n) is 7.04. The molecule has 0 spiro atoms. The second-order valence-electron chi connectivity index (χ2n) is 12.3. The van der Waals surface area contributed by atoms with Gasteiger partial charge in [0.25, 0.3) is 0 Å². The van der Waals surface area contributed by atoms with Crippen LogP contribution in [0.4, 0.5) is 0 Å². The second kappa shape index (κ2) is 21.4. The van der Waals surface area contributed by atoms with Crippen molar-refractivity contribution in [2.24, 2.45) is 5.92 Å².